The quantitative estimate of drug-likeness (QED) is 0.655. The van der Waals surface area contributed by atoms with Crippen LogP contribution in [-0.2, 0) is 6.42 Å². The van der Waals surface area contributed by atoms with Crippen molar-refractivity contribution in [1.82, 2.24) is 0 Å². The SMILES string of the molecule is C[N-]CCc1ccc(C)c(F)c1. The molecule has 1 aromatic rings. The number of benzene rings is 1. The van der Waals surface area contributed by atoms with Crippen LogP contribution in [0.2, 0.25) is 0 Å². The van der Waals surface area contributed by atoms with Gasteiger partial charge in [0.2, 0.25) is 0 Å². The number of nitrogens with zero attached hydrogens (tertiary/aromatic N) is 1. The fraction of sp³-hybridized carbons (Fsp3) is 0.400. The van der Waals surface area contributed by atoms with E-state index >= 15 is 0 Å². The summed E-state index contributed by atoms with van der Waals surface area (Å²) < 4.78 is 13.0. The van der Waals surface area contributed by atoms with Crippen molar-refractivity contribution in [3.8, 4) is 0 Å². The van der Waals surface area contributed by atoms with Crippen LogP contribution >= 0.6 is 0 Å². The van der Waals surface area contributed by atoms with E-state index in [-0.39, 0.29) is 5.82 Å². The number of rotatable bonds is 3. The molecule has 0 aliphatic carbocycles. The summed E-state index contributed by atoms with van der Waals surface area (Å²) in [4.78, 5) is 0. The molecule has 0 saturated carbocycles. The van der Waals surface area contributed by atoms with E-state index in [1.54, 1.807) is 26.1 Å². The van der Waals surface area contributed by atoms with Crippen LogP contribution < -0.4 is 0 Å². The molecule has 0 spiro atoms. The molecule has 0 aliphatic heterocycles. The molecule has 0 atom stereocenters. The Labute approximate surface area is 72.6 Å². The summed E-state index contributed by atoms with van der Waals surface area (Å²) in [6, 6.07) is 5.34. The van der Waals surface area contributed by atoms with Crippen molar-refractivity contribution < 1.29 is 4.39 Å². The first kappa shape index (κ1) is 9.20. The minimum atomic E-state index is -0.122. The molecule has 1 aromatic carbocycles. The first-order valence-electron chi connectivity index (χ1n) is 4.04. The van der Waals surface area contributed by atoms with Gasteiger partial charge in [0.05, 0.1) is 0 Å². The van der Waals surface area contributed by atoms with E-state index in [0.717, 1.165) is 18.5 Å². The van der Waals surface area contributed by atoms with Crippen LogP contribution in [-0.4, -0.2) is 13.6 Å². The summed E-state index contributed by atoms with van der Waals surface area (Å²) in [5.74, 6) is -0.122. The molecule has 0 aromatic heterocycles. The van der Waals surface area contributed by atoms with E-state index in [4.69, 9.17) is 0 Å². The van der Waals surface area contributed by atoms with Crippen molar-refractivity contribution in [2.75, 3.05) is 13.6 Å². The van der Waals surface area contributed by atoms with Crippen molar-refractivity contribution in [2.24, 2.45) is 0 Å². The van der Waals surface area contributed by atoms with E-state index < -0.39 is 0 Å². The molecule has 0 amide bonds. The second-order valence-electron chi connectivity index (χ2n) is 2.87. The number of halogens is 1. The van der Waals surface area contributed by atoms with Crippen LogP contribution in [0.3, 0.4) is 0 Å². The minimum Gasteiger partial charge on any atom is -0.665 e. The fourth-order valence-corrected chi connectivity index (χ4v) is 1.03. The molecule has 1 rings (SSSR count). The molecule has 1 nitrogen and oxygen atoms in total. The van der Waals surface area contributed by atoms with Gasteiger partial charge in [0.1, 0.15) is 5.82 Å². The second-order valence-corrected chi connectivity index (χ2v) is 2.87. The van der Waals surface area contributed by atoms with Gasteiger partial charge in [-0.2, -0.15) is 7.05 Å². The Morgan fingerprint density at radius 3 is 2.75 bits per heavy atom. The van der Waals surface area contributed by atoms with Crippen molar-refractivity contribution in [3.63, 3.8) is 0 Å². The highest BCUT2D eigenvalue weighted by atomic mass is 19.1. The van der Waals surface area contributed by atoms with Gasteiger partial charge in [0.15, 0.2) is 0 Å². The summed E-state index contributed by atoms with van der Waals surface area (Å²) in [6.07, 6.45) is 0.827. The summed E-state index contributed by atoms with van der Waals surface area (Å²) in [5.41, 5.74) is 1.72. The Morgan fingerprint density at radius 2 is 2.17 bits per heavy atom. The lowest BCUT2D eigenvalue weighted by Gasteiger charge is -2.10. The van der Waals surface area contributed by atoms with Crippen molar-refractivity contribution in [1.29, 1.82) is 0 Å². The number of hydrogen-bond donors (Lipinski definition) is 0. The summed E-state index contributed by atoms with van der Waals surface area (Å²) >= 11 is 0. The van der Waals surface area contributed by atoms with Crippen molar-refractivity contribution in [2.45, 2.75) is 13.3 Å². The molecule has 12 heavy (non-hydrogen) atoms. The monoisotopic (exact) mass is 166 g/mol. The Morgan fingerprint density at radius 1 is 1.42 bits per heavy atom. The van der Waals surface area contributed by atoms with Crippen LogP contribution in [0.25, 0.3) is 5.32 Å². The maximum atomic E-state index is 13.0. The van der Waals surface area contributed by atoms with Crippen LogP contribution in [0.5, 0.6) is 0 Å². The zero-order chi connectivity index (χ0) is 8.97. The fourth-order valence-electron chi connectivity index (χ4n) is 1.03. The van der Waals surface area contributed by atoms with E-state index in [9.17, 15) is 4.39 Å². The molecule has 0 saturated heterocycles. The van der Waals surface area contributed by atoms with Gasteiger partial charge in [-0.15, -0.1) is 6.54 Å². The first-order valence-corrected chi connectivity index (χ1v) is 4.04. The van der Waals surface area contributed by atoms with Crippen molar-refractivity contribution in [3.05, 3.63) is 40.5 Å². The molecule has 2 heteroatoms. The molecule has 0 fully saturated rings. The third-order valence-corrected chi connectivity index (χ3v) is 1.86. The Balaban J connectivity index is 2.69. The third-order valence-electron chi connectivity index (χ3n) is 1.86. The third kappa shape index (κ3) is 2.31. The molecule has 0 unspecified atom stereocenters. The van der Waals surface area contributed by atoms with Gasteiger partial charge in [-0.25, -0.2) is 4.39 Å². The zero-order valence-corrected chi connectivity index (χ0v) is 7.47. The Hall–Kier alpha value is -0.890. The van der Waals surface area contributed by atoms with Gasteiger partial charge in [-0.05, 0) is 30.5 Å². The highest BCUT2D eigenvalue weighted by Crippen LogP contribution is 2.09. The maximum Gasteiger partial charge on any atom is 0.126 e. The van der Waals surface area contributed by atoms with E-state index in [1.165, 1.54) is 0 Å². The van der Waals surface area contributed by atoms with Crippen molar-refractivity contribution >= 4 is 0 Å². The molecular weight excluding hydrogens is 153 g/mol. The topological polar surface area (TPSA) is 14.1 Å². The normalized spacial score (nSPS) is 10.2. The van der Waals surface area contributed by atoms with Gasteiger partial charge in [-0.1, -0.05) is 12.1 Å². The molecular formula is C10H13FN-. The minimum absolute atomic E-state index is 0.122. The standard InChI is InChI=1S/C10H13FN/c1-8-3-4-9(5-6-12-2)7-10(8)11/h3-4,7H,5-6H2,1-2H3/q-1. The smallest absolute Gasteiger partial charge is 0.126 e. The van der Waals surface area contributed by atoms with Gasteiger partial charge < -0.3 is 5.32 Å². The number of aryl methyl sites for hydroxylation is 1. The molecule has 0 radical (unpaired) electrons. The summed E-state index contributed by atoms with van der Waals surface area (Å²) in [5, 5.41) is 3.96. The first-order chi connectivity index (χ1) is 5.74. The summed E-state index contributed by atoms with van der Waals surface area (Å²) in [7, 11) is 1.77. The lowest BCUT2D eigenvalue weighted by atomic mass is 10.1. The average molecular weight is 166 g/mol. The summed E-state index contributed by atoms with van der Waals surface area (Å²) in [6.45, 7) is 2.53. The van der Waals surface area contributed by atoms with Crippen LogP contribution in [0, 0.1) is 12.7 Å². The predicted octanol–water partition coefficient (Wildman–Crippen LogP) is 2.68. The van der Waals surface area contributed by atoms with Gasteiger partial charge in [0, 0.05) is 0 Å². The number of hydrogen-bond acceptors (Lipinski definition) is 0. The lowest BCUT2D eigenvalue weighted by molar-refractivity contribution is 0.616. The predicted molar refractivity (Wildman–Crippen MR) is 49.0 cm³/mol. The Kier molecular flexibility index (Phi) is 3.23. The molecule has 0 N–H and O–H groups in total. The average Bonchev–Trinajstić information content (AvgIpc) is 2.07. The Bertz CT molecular complexity index is 258. The van der Waals surface area contributed by atoms with Crippen LogP contribution in [0.15, 0.2) is 18.2 Å². The zero-order valence-electron chi connectivity index (χ0n) is 7.47. The maximum absolute atomic E-state index is 13.0. The highest BCUT2D eigenvalue weighted by Gasteiger charge is 1.96. The van der Waals surface area contributed by atoms with Crippen LogP contribution in [0.1, 0.15) is 11.1 Å². The highest BCUT2D eigenvalue weighted by molar-refractivity contribution is 5.23. The molecule has 0 aliphatic rings. The van der Waals surface area contributed by atoms with Crippen LogP contribution in [0.4, 0.5) is 4.39 Å². The molecule has 66 valence electrons. The van der Waals surface area contributed by atoms with Gasteiger partial charge >= 0.3 is 0 Å². The second kappa shape index (κ2) is 4.21. The largest absolute Gasteiger partial charge is 0.665 e. The van der Waals surface area contributed by atoms with Gasteiger partial charge in [-0.3, -0.25) is 0 Å². The lowest BCUT2D eigenvalue weighted by Crippen LogP contribution is -1.92. The van der Waals surface area contributed by atoms with Gasteiger partial charge in [0.25, 0.3) is 0 Å². The van der Waals surface area contributed by atoms with E-state index in [0.29, 0.717) is 5.56 Å². The molecule has 0 heterocycles. The van der Waals surface area contributed by atoms with E-state index in [2.05, 4.69) is 5.32 Å². The number of likely N-dealkylation sites (N-methyl/N-ethyl adjacent to an activating group) is 1. The molecule has 0 bridgehead atoms. The van der Waals surface area contributed by atoms with E-state index in [1.807, 2.05) is 6.07 Å².